The van der Waals surface area contributed by atoms with Crippen LogP contribution in [0.5, 0.6) is 0 Å². The van der Waals surface area contributed by atoms with Crippen LogP contribution in [0, 0.1) is 0 Å². The van der Waals surface area contributed by atoms with Gasteiger partial charge in [0.05, 0.1) is 0 Å². The summed E-state index contributed by atoms with van der Waals surface area (Å²) in [6.45, 7) is 1.11. The summed E-state index contributed by atoms with van der Waals surface area (Å²) in [7, 11) is 0. The van der Waals surface area contributed by atoms with E-state index in [2.05, 4.69) is 10.3 Å². The summed E-state index contributed by atoms with van der Waals surface area (Å²) in [5.41, 5.74) is -0.911. The van der Waals surface area contributed by atoms with Crippen molar-refractivity contribution in [3.05, 3.63) is 35.5 Å². The highest BCUT2D eigenvalue weighted by Crippen LogP contribution is 2.36. The summed E-state index contributed by atoms with van der Waals surface area (Å²) in [6.07, 6.45) is -5.11. The van der Waals surface area contributed by atoms with Crippen LogP contribution in [0.25, 0.3) is 10.9 Å². The molecule has 1 atom stereocenters. The molecule has 3 N–H and O–H groups in total. The van der Waals surface area contributed by atoms with Crippen LogP contribution in [0.1, 0.15) is 18.2 Å². The van der Waals surface area contributed by atoms with E-state index in [1.807, 2.05) is 0 Å². The van der Waals surface area contributed by atoms with Gasteiger partial charge in [-0.05, 0) is 11.6 Å². The Morgan fingerprint density at radius 3 is 2.50 bits per heavy atom. The zero-order valence-corrected chi connectivity index (χ0v) is 11.5. The second kappa shape index (κ2) is 5.70. The van der Waals surface area contributed by atoms with Crippen LogP contribution in [-0.2, 0) is 22.2 Å². The van der Waals surface area contributed by atoms with E-state index in [4.69, 9.17) is 5.11 Å². The van der Waals surface area contributed by atoms with Crippen LogP contribution in [0.3, 0.4) is 0 Å². The van der Waals surface area contributed by atoms with E-state index in [0.29, 0.717) is 0 Å². The van der Waals surface area contributed by atoms with Crippen molar-refractivity contribution in [3.63, 3.8) is 0 Å². The summed E-state index contributed by atoms with van der Waals surface area (Å²) < 4.78 is 39.4. The first-order valence-corrected chi connectivity index (χ1v) is 6.37. The number of aromatic nitrogens is 1. The van der Waals surface area contributed by atoms with Gasteiger partial charge in [-0.1, -0.05) is 18.2 Å². The molecule has 0 bridgehead atoms. The molecule has 0 saturated carbocycles. The third-order valence-corrected chi connectivity index (χ3v) is 3.18. The van der Waals surface area contributed by atoms with Crippen molar-refractivity contribution < 1.29 is 27.9 Å². The van der Waals surface area contributed by atoms with Crippen molar-refractivity contribution in [1.82, 2.24) is 10.3 Å². The maximum atomic E-state index is 13.1. The Balaban J connectivity index is 2.52. The number of hydrogen-bond donors (Lipinski definition) is 3. The highest BCUT2D eigenvalue weighted by Gasteiger charge is 2.37. The van der Waals surface area contributed by atoms with Crippen LogP contribution in [0.15, 0.2) is 24.3 Å². The predicted octanol–water partition coefficient (Wildman–Crippen LogP) is 2.32. The molecule has 118 valence electrons. The number of para-hydroxylation sites is 1. The summed E-state index contributed by atoms with van der Waals surface area (Å²) in [4.78, 5) is 24.5. The Bertz CT molecular complexity index is 722. The lowest BCUT2D eigenvalue weighted by Crippen LogP contribution is -2.41. The first-order chi connectivity index (χ1) is 10.2. The van der Waals surface area contributed by atoms with Gasteiger partial charge in [0.25, 0.3) is 0 Å². The number of H-pyrrole nitrogens is 1. The van der Waals surface area contributed by atoms with E-state index >= 15 is 0 Å². The van der Waals surface area contributed by atoms with Gasteiger partial charge in [0, 0.05) is 24.2 Å². The normalized spacial score (nSPS) is 13.1. The quantitative estimate of drug-likeness (QED) is 0.810. The number of carboxylic acids is 1. The average Bonchev–Trinajstić information content (AvgIpc) is 2.76. The molecule has 5 nitrogen and oxygen atoms in total. The number of aromatic amines is 1. The number of aliphatic carboxylic acids is 1. The smallest absolute Gasteiger partial charge is 0.431 e. The minimum absolute atomic E-state index is 0.177. The van der Waals surface area contributed by atoms with Crippen molar-refractivity contribution in [2.75, 3.05) is 0 Å². The predicted molar refractivity (Wildman–Crippen MR) is 72.2 cm³/mol. The monoisotopic (exact) mass is 314 g/mol. The maximum absolute atomic E-state index is 13.1. The molecule has 1 heterocycles. The van der Waals surface area contributed by atoms with Crippen molar-refractivity contribution in [3.8, 4) is 0 Å². The van der Waals surface area contributed by atoms with E-state index in [-0.39, 0.29) is 16.5 Å². The number of rotatable bonds is 4. The summed E-state index contributed by atoms with van der Waals surface area (Å²) in [6, 6.07) is 4.66. The summed E-state index contributed by atoms with van der Waals surface area (Å²) >= 11 is 0. The number of nitrogens with one attached hydrogen (secondary N) is 2. The molecule has 2 rings (SSSR count). The number of hydrogen-bond acceptors (Lipinski definition) is 2. The summed E-state index contributed by atoms with van der Waals surface area (Å²) in [5, 5.41) is 11.5. The van der Waals surface area contributed by atoms with Crippen molar-refractivity contribution >= 4 is 22.8 Å². The van der Waals surface area contributed by atoms with Crippen LogP contribution < -0.4 is 5.32 Å². The van der Waals surface area contributed by atoms with Gasteiger partial charge in [0.15, 0.2) is 0 Å². The third-order valence-electron chi connectivity index (χ3n) is 3.18. The Hall–Kier alpha value is -2.51. The van der Waals surface area contributed by atoms with Crippen molar-refractivity contribution in [1.29, 1.82) is 0 Å². The van der Waals surface area contributed by atoms with Crippen LogP contribution in [-0.4, -0.2) is 28.0 Å². The molecule has 0 fully saturated rings. The number of halogens is 3. The molecule has 0 unspecified atom stereocenters. The van der Waals surface area contributed by atoms with Gasteiger partial charge in [-0.15, -0.1) is 0 Å². The lowest BCUT2D eigenvalue weighted by Gasteiger charge is -2.15. The lowest BCUT2D eigenvalue weighted by atomic mass is 10.0. The minimum Gasteiger partial charge on any atom is -0.480 e. The molecule has 0 aliphatic rings. The number of carboxylic acid groups (broad SMARTS) is 1. The van der Waals surface area contributed by atoms with Gasteiger partial charge in [-0.25, -0.2) is 4.79 Å². The second-order valence-corrected chi connectivity index (χ2v) is 4.82. The topological polar surface area (TPSA) is 82.2 Å². The van der Waals surface area contributed by atoms with E-state index in [0.717, 1.165) is 6.92 Å². The number of benzene rings is 1. The minimum atomic E-state index is -4.65. The Labute approximate surface area is 123 Å². The van der Waals surface area contributed by atoms with Crippen LogP contribution in [0.2, 0.25) is 0 Å². The number of amides is 1. The number of carbonyl (C=O) groups excluding carboxylic acids is 1. The zero-order chi connectivity index (χ0) is 16.5. The number of carbonyl (C=O) groups is 2. The van der Waals surface area contributed by atoms with E-state index in [1.54, 1.807) is 12.1 Å². The second-order valence-electron chi connectivity index (χ2n) is 4.82. The van der Waals surface area contributed by atoms with Gasteiger partial charge in [0.2, 0.25) is 5.91 Å². The van der Waals surface area contributed by atoms with Gasteiger partial charge in [0.1, 0.15) is 11.7 Å². The standard InChI is InChI=1S/C14H13F3N2O3/c1-7(20)18-11(13(21)22)6-9-8-4-2-3-5-10(8)19-12(9)14(15,16)17/h2-5,11,19H,6H2,1H3,(H,18,20)(H,21,22)/t11-/m0/s1. The molecule has 1 amide bonds. The van der Waals surface area contributed by atoms with Crippen molar-refractivity contribution in [2.45, 2.75) is 25.6 Å². The molecular weight excluding hydrogens is 301 g/mol. The van der Waals surface area contributed by atoms with Gasteiger partial charge < -0.3 is 15.4 Å². The Morgan fingerprint density at radius 1 is 1.32 bits per heavy atom. The molecule has 8 heteroatoms. The molecule has 0 aliphatic heterocycles. The highest BCUT2D eigenvalue weighted by molar-refractivity contribution is 5.87. The molecule has 1 aromatic carbocycles. The van der Waals surface area contributed by atoms with E-state index in [1.165, 1.54) is 12.1 Å². The molecule has 22 heavy (non-hydrogen) atoms. The lowest BCUT2D eigenvalue weighted by molar-refractivity contribution is -0.143. The molecule has 0 radical (unpaired) electrons. The van der Waals surface area contributed by atoms with E-state index in [9.17, 15) is 22.8 Å². The third kappa shape index (κ3) is 3.21. The number of fused-ring (bicyclic) bond motifs is 1. The molecule has 2 aromatic rings. The SMILES string of the molecule is CC(=O)N[C@@H](Cc1c(C(F)(F)F)[nH]c2ccccc12)C(=O)O. The first-order valence-electron chi connectivity index (χ1n) is 6.37. The van der Waals surface area contributed by atoms with Crippen LogP contribution >= 0.6 is 0 Å². The first kappa shape index (κ1) is 15.9. The van der Waals surface area contributed by atoms with Gasteiger partial charge in [-0.3, -0.25) is 4.79 Å². The fraction of sp³-hybridized carbons (Fsp3) is 0.286. The molecule has 0 spiro atoms. The largest absolute Gasteiger partial charge is 0.480 e. The fourth-order valence-corrected chi connectivity index (χ4v) is 2.30. The average molecular weight is 314 g/mol. The molecule has 1 aromatic heterocycles. The fourth-order valence-electron chi connectivity index (χ4n) is 2.30. The number of alkyl halides is 3. The van der Waals surface area contributed by atoms with E-state index < -0.39 is 36.2 Å². The molecular formula is C14H13F3N2O3. The van der Waals surface area contributed by atoms with Crippen molar-refractivity contribution in [2.24, 2.45) is 0 Å². The summed E-state index contributed by atoms with van der Waals surface area (Å²) in [5.74, 6) is -2.02. The zero-order valence-electron chi connectivity index (χ0n) is 11.5. The van der Waals surface area contributed by atoms with Gasteiger partial charge in [-0.2, -0.15) is 13.2 Å². The highest BCUT2D eigenvalue weighted by atomic mass is 19.4. The Kier molecular flexibility index (Phi) is 4.11. The van der Waals surface area contributed by atoms with Crippen LogP contribution in [0.4, 0.5) is 13.2 Å². The van der Waals surface area contributed by atoms with Gasteiger partial charge >= 0.3 is 12.1 Å². The molecule has 0 aliphatic carbocycles. The maximum Gasteiger partial charge on any atom is 0.431 e. The molecule has 0 saturated heterocycles. The Morgan fingerprint density at radius 2 is 1.95 bits per heavy atom.